The molecule has 3 aromatic carbocycles. The van der Waals surface area contributed by atoms with Gasteiger partial charge in [0, 0.05) is 17.3 Å². The summed E-state index contributed by atoms with van der Waals surface area (Å²) >= 11 is 5.92. The highest BCUT2D eigenvalue weighted by Gasteiger charge is 2.10. The van der Waals surface area contributed by atoms with E-state index in [2.05, 4.69) is 41.0 Å². The van der Waals surface area contributed by atoms with E-state index >= 15 is 0 Å². The quantitative estimate of drug-likeness (QED) is 0.0901. The van der Waals surface area contributed by atoms with E-state index in [1.165, 1.54) is 13.2 Å². The summed E-state index contributed by atoms with van der Waals surface area (Å²) in [7, 11) is 1.39. The molecule has 0 atom stereocenters. The molecule has 1 heterocycles. The summed E-state index contributed by atoms with van der Waals surface area (Å²) in [4.78, 5) is 22.4. The fourth-order valence-electron chi connectivity index (χ4n) is 2.98. The van der Waals surface area contributed by atoms with Gasteiger partial charge in [0.1, 0.15) is 22.9 Å². The van der Waals surface area contributed by atoms with Gasteiger partial charge in [-0.25, -0.2) is 4.98 Å². The molecule has 0 saturated carbocycles. The molecule has 0 aliphatic heterocycles. The van der Waals surface area contributed by atoms with E-state index in [1.807, 2.05) is 30.3 Å². The third kappa shape index (κ3) is 6.50. The van der Waals surface area contributed by atoms with Crippen LogP contribution in [0, 0.1) is 6.92 Å². The van der Waals surface area contributed by atoms with Gasteiger partial charge in [0.25, 0.3) is 0 Å². The second-order valence-electron chi connectivity index (χ2n) is 7.16. The van der Waals surface area contributed by atoms with E-state index in [4.69, 9.17) is 21.4 Å². The molecule has 0 amide bonds. The lowest BCUT2D eigenvalue weighted by molar-refractivity contribution is -0.177. The van der Waals surface area contributed by atoms with Gasteiger partial charge < -0.3 is 15.3 Å². The molecule has 3 N–H and O–H groups in total. The molecule has 0 radical (unpaired) electrons. The highest BCUT2D eigenvalue weighted by molar-refractivity contribution is 6.28. The highest BCUT2D eigenvalue weighted by Crippen LogP contribution is 2.30. The van der Waals surface area contributed by atoms with Crippen LogP contribution >= 0.6 is 11.6 Å². The van der Waals surface area contributed by atoms with Gasteiger partial charge in [-0.2, -0.15) is 20.0 Å². The molecular formula is C24H21ClN8O3. The Hall–Kier alpha value is -4.61. The lowest BCUT2D eigenvalue weighted by Crippen LogP contribution is -2.04. The molecule has 4 aromatic rings. The van der Waals surface area contributed by atoms with Crippen molar-refractivity contribution in [3.05, 3.63) is 89.5 Å². The number of hydrazone groups is 1. The van der Waals surface area contributed by atoms with Crippen molar-refractivity contribution in [2.75, 3.05) is 17.9 Å². The van der Waals surface area contributed by atoms with Crippen molar-refractivity contribution in [2.24, 2.45) is 15.3 Å². The van der Waals surface area contributed by atoms with Crippen LogP contribution in [0.4, 0.5) is 23.0 Å². The number of azo groups is 1. The number of aryl methyl sites for hydroxylation is 1. The number of phenols is 1. The predicted molar refractivity (Wildman–Crippen MR) is 136 cm³/mol. The number of rotatable bonds is 8. The Bertz CT molecular complexity index is 1380. The smallest absolute Gasteiger partial charge is 0.231 e. The molecule has 0 fully saturated rings. The van der Waals surface area contributed by atoms with Crippen LogP contribution in [0.5, 0.6) is 11.5 Å². The lowest BCUT2D eigenvalue weighted by Gasteiger charge is -2.11. The molecule has 0 unspecified atom stereocenters. The van der Waals surface area contributed by atoms with Gasteiger partial charge in [0.2, 0.25) is 17.1 Å². The molecule has 0 aliphatic carbocycles. The van der Waals surface area contributed by atoms with Crippen LogP contribution in [-0.4, -0.2) is 33.0 Å². The maximum absolute atomic E-state index is 9.99. The summed E-state index contributed by atoms with van der Waals surface area (Å²) in [6, 6.07) is 21.1. The monoisotopic (exact) mass is 504 g/mol. The summed E-state index contributed by atoms with van der Waals surface area (Å²) in [5.41, 5.74) is 5.05. The molecule has 0 bridgehead atoms. The lowest BCUT2D eigenvalue weighted by atomic mass is 10.2. The number of benzene rings is 3. The third-order valence-corrected chi connectivity index (χ3v) is 4.75. The number of hydrogen-bond donors (Lipinski definition) is 3. The maximum Gasteiger partial charge on any atom is 0.231 e. The van der Waals surface area contributed by atoms with Crippen LogP contribution in [0.25, 0.3) is 0 Å². The van der Waals surface area contributed by atoms with E-state index in [1.54, 1.807) is 43.3 Å². The minimum atomic E-state index is 0.00940. The summed E-state index contributed by atoms with van der Waals surface area (Å²) in [6.07, 6.45) is 0. The number of nitrogens with one attached hydrogen (secondary N) is 2. The van der Waals surface area contributed by atoms with Gasteiger partial charge in [-0.1, -0.05) is 42.5 Å². The van der Waals surface area contributed by atoms with Gasteiger partial charge in [-0.3, -0.25) is 5.43 Å². The van der Waals surface area contributed by atoms with Crippen LogP contribution in [0.2, 0.25) is 5.28 Å². The highest BCUT2D eigenvalue weighted by atomic mass is 35.5. The standard InChI is InChI=1S/C24H21ClN8O3/c1-15-26-23(25)29-24(27-15)28-17-12-13-19(21(14-17)36-35-2)31-33-22(16-8-4-3-5-9-16)32-30-18-10-6-7-11-20(18)34/h3-14,31,34H,1-2H3,(H,26,27,28,29)/b32-30?,33-22+. The maximum atomic E-state index is 9.99. The first kappa shape index (κ1) is 24.5. The van der Waals surface area contributed by atoms with Crippen molar-refractivity contribution in [1.29, 1.82) is 0 Å². The zero-order chi connectivity index (χ0) is 25.3. The molecule has 182 valence electrons. The Kier molecular flexibility index (Phi) is 7.96. The van der Waals surface area contributed by atoms with Crippen molar-refractivity contribution >= 4 is 40.4 Å². The number of anilines is 3. The van der Waals surface area contributed by atoms with Crippen molar-refractivity contribution in [3.63, 3.8) is 0 Å². The fourth-order valence-corrected chi connectivity index (χ4v) is 3.18. The minimum Gasteiger partial charge on any atom is -0.506 e. The molecule has 0 saturated heterocycles. The number of aromatic nitrogens is 3. The Morgan fingerprint density at radius 3 is 2.50 bits per heavy atom. The van der Waals surface area contributed by atoms with Crippen molar-refractivity contribution in [2.45, 2.75) is 6.92 Å². The summed E-state index contributed by atoms with van der Waals surface area (Å²) in [5, 5.41) is 25.9. The Morgan fingerprint density at radius 2 is 1.75 bits per heavy atom. The summed E-state index contributed by atoms with van der Waals surface area (Å²) in [6.45, 7) is 1.71. The topological polar surface area (TPSA) is 138 Å². The number of amidine groups is 1. The Morgan fingerprint density at radius 1 is 0.972 bits per heavy atom. The summed E-state index contributed by atoms with van der Waals surface area (Å²) in [5.74, 6) is 1.37. The molecule has 0 aliphatic rings. The van der Waals surface area contributed by atoms with Crippen molar-refractivity contribution < 1.29 is 14.9 Å². The van der Waals surface area contributed by atoms with Crippen molar-refractivity contribution in [3.8, 4) is 11.5 Å². The minimum absolute atomic E-state index is 0.00940. The Balaban J connectivity index is 1.62. The molecule has 1 aromatic heterocycles. The second-order valence-corrected chi connectivity index (χ2v) is 7.50. The number of para-hydroxylation sites is 1. The molecule has 36 heavy (non-hydrogen) atoms. The number of phenolic OH excluding ortho intramolecular Hbond substituents is 1. The SMILES string of the molecule is COOc1cc(Nc2nc(C)nc(Cl)n2)ccc1N/N=C(/N=Nc1ccccc1O)c1ccccc1. The van der Waals surface area contributed by atoms with Crippen molar-refractivity contribution in [1.82, 2.24) is 15.0 Å². The first-order chi connectivity index (χ1) is 17.5. The number of halogens is 1. The predicted octanol–water partition coefficient (Wildman–Crippen LogP) is 5.78. The number of aromatic hydroxyl groups is 1. The zero-order valence-electron chi connectivity index (χ0n) is 19.3. The molecule has 11 nitrogen and oxygen atoms in total. The molecule has 4 rings (SSSR count). The van der Waals surface area contributed by atoms with Crippen LogP contribution in [0.15, 0.2) is 88.1 Å². The molecule has 12 heteroatoms. The third-order valence-electron chi connectivity index (χ3n) is 4.58. The molecule has 0 spiro atoms. The second kappa shape index (κ2) is 11.7. The summed E-state index contributed by atoms with van der Waals surface area (Å²) < 4.78 is 0. The van der Waals surface area contributed by atoms with Crippen LogP contribution in [0.3, 0.4) is 0 Å². The van der Waals surface area contributed by atoms with E-state index in [9.17, 15) is 5.11 Å². The normalized spacial score (nSPS) is 11.5. The first-order valence-electron chi connectivity index (χ1n) is 10.6. The zero-order valence-corrected chi connectivity index (χ0v) is 20.0. The van der Waals surface area contributed by atoms with Gasteiger partial charge >= 0.3 is 0 Å². The van der Waals surface area contributed by atoms with E-state index in [-0.39, 0.29) is 22.8 Å². The van der Waals surface area contributed by atoms with E-state index in [0.717, 1.165) is 0 Å². The Labute approximate surface area is 211 Å². The van der Waals surface area contributed by atoms with Gasteiger partial charge in [0.15, 0.2) is 5.75 Å². The van der Waals surface area contributed by atoms with Crippen LogP contribution in [-0.2, 0) is 4.89 Å². The first-order valence-corrected chi connectivity index (χ1v) is 11.0. The average molecular weight is 505 g/mol. The van der Waals surface area contributed by atoms with Gasteiger partial charge in [0.05, 0.1) is 7.11 Å². The van der Waals surface area contributed by atoms with E-state index in [0.29, 0.717) is 34.2 Å². The average Bonchev–Trinajstić information content (AvgIpc) is 2.86. The van der Waals surface area contributed by atoms with Gasteiger partial charge in [-0.05, 0) is 42.8 Å². The van der Waals surface area contributed by atoms with E-state index < -0.39 is 0 Å². The fraction of sp³-hybridized carbons (Fsp3) is 0.0833. The van der Waals surface area contributed by atoms with Crippen LogP contribution < -0.4 is 15.6 Å². The van der Waals surface area contributed by atoms with Gasteiger partial charge in [-0.15, -0.1) is 10.2 Å². The number of hydrogen-bond acceptors (Lipinski definition) is 10. The van der Waals surface area contributed by atoms with Crippen LogP contribution in [0.1, 0.15) is 11.4 Å². The molecular weight excluding hydrogens is 484 g/mol. The largest absolute Gasteiger partial charge is 0.506 e. The number of nitrogens with zero attached hydrogens (tertiary/aromatic N) is 6.